The Balaban J connectivity index is 1.56. The summed E-state index contributed by atoms with van der Waals surface area (Å²) in [4.78, 5) is 0. The Morgan fingerprint density at radius 2 is 1.00 bits per heavy atom. The van der Waals surface area contributed by atoms with E-state index in [1.165, 1.54) is 76.5 Å². The standard InChI is InChI=1S/C42H30/c1-3-29-30(4-2)42(40-26-28-16-6-8-18-32(28)34-20-10-12-22-36(34)40)38-24-14-13-23-37(38)41(29)39-25-27-15-5-7-17-31(27)33-19-9-11-21-35(33)39/h3-9,11-19,21-26H,1-2,10,20H2. The van der Waals surface area contributed by atoms with Crippen LogP contribution >= 0.6 is 0 Å². The quantitative estimate of drug-likeness (QED) is 0.197. The molecule has 0 aromatic heterocycles. The Morgan fingerprint density at radius 3 is 1.67 bits per heavy atom. The lowest BCUT2D eigenvalue weighted by molar-refractivity contribution is 0.998. The molecule has 0 radical (unpaired) electrons. The van der Waals surface area contributed by atoms with E-state index in [0.29, 0.717) is 0 Å². The molecule has 198 valence electrons. The van der Waals surface area contributed by atoms with Crippen LogP contribution in [0.1, 0.15) is 28.7 Å². The second-order valence-corrected chi connectivity index (χ2v) is 11.2. The minimum atomic E-state index is 1.05. The first kappa shape index (κ1) is 24.6. The minimum absolute atomic E-state index is 1.05. The summed E-state index contributed by atoms with van der Waals surface area (Å²) in [5.74, 6) is 0. The van der Waals surface area contributed by atoms with Crippen LogP contribution in [0.2, 0.25) is 0 Å². The van der Waals surface area contributed by atoms with Crippen molar-refractivity contribution in [3.05, 3.63) is 151 Å². The van der Waals surface area contributed by atoms with Crippen molar-refractivity contribution in [1.29, 1.82) is 0 Å². The van der Waals surface area contributed by atoms with Gasteiger partial charge in [0.05, 0.1) is 0 Å². The van der Waals surface area contributed by atoms with Crippen LogP contribution in [0.3, 0.4) is 0 Å². The second-order valence-electron chi connectivity index (χ2n) is 11.2. The van der Waals surface area contributed by atoms with Gasteiger partial charge in [-0.05, 0) is 113 Å². The fourth-order valence-corrected chi connectivity index (χ4v) is 7.28. The van der Waals surface area contributed by atoms with Crippen LogP contribution in [-0.4, -0.2) is 0 Å². The molecule has 0 heterocycles. The lowest BCUT2D eigenvalue weighted by Crippen LogP contribution is -2.02. The van der Waals surface area contributed by atoms with Gasteiger partial charge >= 0.3 is 0 Å². The second kappa shape index (κ2) is 9.72. The Hall–Kier alpha value is -5.20. The van der Waals surface area contributed by atoms with E-state index in [0.717, 1.165) is 24.0 Å². The summed E-state index contributed by atoms with van der Waals surface area (Å²) in [6.45, 7) is 8.77. The number of fused-ring (bicyclic) bond motifs is 7. The largest absolute Gasteiger partial charge is 0.0984 e. The first-order valence-corrected chi connectivity index (χ1v) is 14.7. The maximum Gasteiger partial charge on any atom is -0.00201 e. The molecule has 0 bridgehead atoms. The monoisotopic (exact) mass is 534 g/mol. The molecule has 0 saturated heterocycles. The molecule has 8 rings (SSSR count). The Kier molecular flexibility index (Phi) is 5.69. The highest BCUT2D eigenvalue weighted by atomic mass is 14.3. The molecular formula is C42H30. The van der Waals surface area contributed by atoms with E-state index in [-0.39, 0.29) is 0 Å². The van der Waals surface area contributed by atoms with Gasteiger partial charge in [0.2, 0.25) is 0 Å². The van der Waals surface area contributed by atoms with Crippen molar-refractivity contribution in [2.24, 2.45) is 0 Å². The van der Waals surface area contributed by atoms with E-state index in [1.54, 1.807) is 0 Å². The number of rotatable bonds is 4. The molecule has 1 aliphatic rings. The van der Waals surface area contributed by atoms with Crippen molar-refractivity contribution in [3.8, 4) is 22.3 Å². The third-order valence-electron chi connectivity index (χ3n) is 9.06. The molecule has 7 aromatic carbocycles. The van der Waals surface area contributed by atoms with E-state index < -0.39 is 0 Å². The van der Waals surface area contributed by atoms with Crippen molar-refractivity contribution < 1.29 is 0 Å². The van der Waals surface area contributed by atoms with E-state index >= 15 is 0 Å². The van der Waals surface area contributed by atoms with Gasteiger partial charge in [0.15, 0.2) is 0 Å². The van der Waals surface area contributed by atoms with Crippen molar-refractivity contribution in [2.75, 3.05) is 0 Å². The van der Waals surface area contributed by atoms with Crippen LogP contribution in [0.5, 0.6) is 0 Å². The van der Waals surface area contributed by atoms with Crippen LogP contribution in [0.4, 0.5) is 0 Å². The molecule has 7 aromatic rings. The highest BCUT2D eigenvalue weighted by molar-refractivity contribution is 6.20. The lowest BCUT2D eigenvalue weighted by Gasteiger charge is -2.24. The third kappa shape index (κ3) is 3.55. The molecule has 1 aliphatic carbocycles. The van der Waals surface area contributed by atoms with Gasteiger partial charge in [-0.3, -0.25) is 0 Å². The molecule has 0 aliphatic heterocycles. The Morgan fingerprint density at radius 1 is 0.500 bits per heavy atom. The predicted molar refractivity (Wildman–Crippen MR) is 185 cm³/mol. The fraction of sp³-hybridized carbons (Fsp3) is 0.0476. The molecule has 0 nitrogen and oxygen atoms in total. The number of hydrogen-bond acceptors (Lipinski definition) is 0. The molecule has 42 heavy (non-hydrogen) atoms. The van der Waals surface area contributed by atoms with Crippen molar-refractivity contribution in [1.82, 2.24) is 0 Å². The van der Waals surface area contributed by atoms with Gasteiger partial charge in [0.25, 0.3) is 0 Å². The van der Waals surface area contributed by atoms with Gasteiger partial charge in [-0.1, -0.05) is 135 Å². The van der Waals surface area contributed by atoms with Crippen LogP contribution in [0.15, 0.2) is 128 Å². The first-order chi connectivity index (χ1) is 20.8. The molecule has 0 N–H and O–H groups in total. The predicted octanol–water partition coefficient (Wildman–Crippen LogP) is 11.9. The molecule has 0 atom stereocenters. The van der Waals surface area contributed by atoms with Crippen LogP contribution < -0.4 is 0 Å². The normalized spacial score (nSPS) is 12.7. The van der Waals surface area contributed by atoms with Gasteiger partial charge in [-0.2, -0.15) is 0 Å². The average molecular weight is 535 g/mol. The fourth-order valence-electron chi connectivity index (χ4n) is 7.28. The van der Waals surface area contributed by atoms with Crippen molar-refractivity contribution >= 4 is 61.3 Å². The molecule has 0 amide bonds. The van der Waals surface area contributed by atoms with Crippen LogP contribution in [-0.2, 0) is 6.42 Å². The smallest absolute Gasteiger partial charge is 0.00201 e. The van der Waals surface area contributed by atoms with Crippen LogP contribution in [0.25, 0.3) is 83.6 Å². The highest BCUT2D eigenvalue weighted by Crippen LogP contribution is 2.48. The minimum Gasteiger partial charge on any atom is -0.0984 e. The maximum absolute atomic E-state index is 4.39. The van der Waals surface area contributed by atoms with Crippen molar-refractivity contribution in [2.45, 2.75) is 12.8 Å². The summed E-state index contributed by atoms with van der Waals surface area (Å²) in [5, 5.41) is 10.1. The SMILES string of the molecule is C=Cc1c(C=C)c(-c2cc3ccccc3c3ccccc23)c2ccccc2c1-c1cc2ccccc2c2c1C=CCC2. The molecule has 0 spiro atoms. The molecule has 0 heteroatoms. The van der Waals surface area contributed by atoms with E-state index in [1.807, 2.05) is 12.2 Å². The summed E-state index contributed by atoms with van der Waals surface area (Å²) >= 11 is 0. The van der Waals surface area contributed by atoms with Gasteiger partial charge in [0, 0.05) is 0 Å². The van der Waals surface area contributed by atoms with Gasteiger partial charge in [0.1, 0.15) is 0 Å². The zero-order chi connectivity index (χ0) is 28.2. The van der Waals surface area contributed by atoms with E-state index in [4.69, 9.17) is 0 Å². The Bertz CT molecular complexity index is 2280. The summed E-state index contributed by atoms with van der Waals surface area (Å²) in [6, 6.07) is 39.9. The molecule has 0 saturated carbocycles. The summed E-state index contributed by atoms with van der Waals surface area (Å²) in [5.41, 5.74) is 9.97. The topological polar surface area (TPSA) is 0 Å². The molecule has 0 unspecified atom stereocenters. The zero-order valence-corrected chi connectivity index (χ0v) is 23.5. The Labute approximate surface area is 246 Å². The lowest BCUT2D eigenvalue weighted by atomic mass is 9.79. The maximum atomic E-state index is 4.39. The van der Waals surface area contributed by atoms with E-state index in [2.05, 4.69) is 135 Å². The highest BCUT2D eigenvalue weighted by Gasteiger charge is 2.23. The summed E-state index contributed by atoms with van der Waals surface area (Å²) < 4.78 is 0. The average Bonchev–Trinajstić information content (AvgIpc) is 3.06. The number of hydrogen-bond donors (Lipinski definition) is 0. The number of allylic oxidation sites excluding steroid dienone is 1. The molecular weight excluding hydrogens is 504 g/mol. The zero-order valence-electron chi connectivity index (χ0n) is 23.5. The third-order valence-corrected chi connectivity index (χ3v) is 9.06. The first-order valence-electron chi connectivity index (χ1n) is 14.7. The summed E-state index contributed by atoms with van der Waals surface area (Å²) in [6.07, 6.45) is 10.9. The number of benzene rings is 7. The molecule has 0 fully saturated rings. The number of aryl methyl sites for hydroxylation is 1. The van der Waals surface area contributed by atoms with Gasteiger partial charge < -0.3 is 0 Å². The van der Waals surface area contributed by atoms with Crippen molar-refractivity contribution in [3.63, 3.8) is 0 Å². The van der Waals surface area contributed by atoms with Gasteiger partial charge in [-0.15, -0.1) is 0 Å². The van der Waals surface area contributed by atoms with Crippen LogP contribution in [0, 0.1) is 0 Å². The summed E-state index contributed by atoms with van der Waals surface area (Å²) in [7, 11) is 0. The van der Waals surface area contributed by atoms with E-state index in [9.17, 15) is 0 Å². The van der Waals surface area contributed by atoms with Gasteiger partial charge in [-0.25, -0.2) is 0 Å².